The van der Waals surface area contributed by atoms with E-state index in [4.69, 9.17) is 9.47 Å². The van der Waals surface area contributed by atoms with Gasteiger partial charge in [-0.15, -0.1) is 0 Å². The van der Waals surface area contributed by atoms with Crippen LogP contribution in [-0.2, 0) is 17.9 Å². The van der Waals surface area contributed by atoms with Gasteiger partial charge in [0.05, 0.1) is 12.5 Å². The molecule has 3 aromatic carbocycles. The standard InChI is InChI=1S/C25H21FN2O4/c26-19-8-6-17(7-9-19)21(28-14-18-3-1-2-4-20(18)25(28)30)12-24(29)27-13-16-5-10-22-23(11-16)32-15-31-22/h1-11,21H,12-15H2,(H,27,29)/t21-/m0/s1. The number of nitrogens with zero attached hydrogens (tertiary/aromatic N) is 1. The molecule has 162 valence electrons. The molecule has 5 rings (SSSR count). The van der Waals surface area contributed by atoms with E-state index in [0.717, 1.165) is 11.1 Å². The summed E-state index contributed by atoms with van der Waals surface area (Å²) >= 11 is 0. The first kappa shape index (κ1) is 20.1. The average Bonchev–Trinajstić information content (AvgIpc) is 3.41. The molecule has 1 N–H and O–H groups in total. The van der Waals surface area contributed by atoms with Gasteiger partial charge in [0.1, 0.15) is 5.82 Å². The summed E-state index contributed by atoms with van der Waals surface area (Å²) in [7, 11) is 0. The highest BCUT2D eigenvalue weighted by Gasteiger charge is 2.34. The minimum absolute atomic E-state index is 0.0654. The van der Waals surface area contributed by atoms with Gasteiger partial charge >= 0.3 is 0 Å². The van der Waals surface area contributed by atoms with E-state index in [-0.39, 0.29) is 30.8 Å². The fourth-order valence-corrected chi connectivity index (χ4v) is 4.12. The number of hydrogen-bond acceptors (Lipinski definition) is 4. The smallest absolute Gasteiger partial charge is 0.255 e. The third-order valence-corrected chi connectivity index (χ3v) is 5.79. The molecule has 1 atom stereocenters. The van der Waals surface area contributed by atoms with Crippen LogP contribution < -0.4 is 14.8 Å². The minimum Gasteiger partial charge on any atom is -0.454 e. The number of rotatable bonds is 6. The third-order valence-electron chi connectivity index (χ3n) is 5.79. The first-order valence-corrected chi connectivity index (χ1v) is 10.4. The van der Waals surface area contributed by atoms with Crippen molar-refractivity contribution >= 4 is 11.8 Å². The van der Waals surface area contributed by atoms with Gasteiger partial charge in [0, 0.05) is 18.7 Å². The van der Waals surface area contributed by atoms with Gasteiger partial charge < -0.3 is 19.7 Å². The Hall–Kier alpha value is -3.87. The molecule has 7 heteroatoms. The molecule has 2 heterocycles. The van der Waals surface area contributed by atoms with Crippen LogP contribution in [0.3, 0.4) is 0 Å². The Labute approximate surface area is 184 Å². The van der Waals surface area contributed by atoms with E-state index >= 15 is 0 Å². The second-order valence-electron chi connectivity index (χ2n) is 7.83. The lowest BCUT2D eigenvalue weighted by Gasteiger charge is -2.28. The van der Waals surface area contributed by atoms with Crippen LogP contribution in [0.2, 0.25) is 0 Å². The fraction of sp³-hybridized carbons (Fsp3) is 0.200. The van der Waals surface area contributed by atoms with Crippen LogP contribution in [0, 0.1) is 5.82 Å². The van der Waals surface area contributed by atoms with Crippen LogP contribution in [0.1, 0.15) is 39.5 Å². The molecule has 6 nitrogen and oxygen atoms in total. The Morgan fingerprint density at radius 3 is 2.62 bits per heavy atom. The van der Waals surface area contributed by atoms with Crippen molar-refractivity contribution in [2.45, 2.75) is 25.6 Å². The highest BCUT2D eigenvalue weighted by atomic mass is 19.1. The number of amides is 2. The van der Waals surface area contributed by atoms with Crippen LogP contribution in [0.4, 0.5) is 4.39 Å². The zero-order valence-corrected chi connectivity index (χ0v) is 17.2. The van der Waals surface area contributed by atoms with E-state index in [0.29, 0.717) is 35.7 Å². The molecule has 0 aromatic heterocycles. The molecule has 2 aliphatic rings. The van der Waals surface area contributed by atoms with Crippen LogP contribution in [-0.4, -0.2) is 23.5 Å². The second-order valence-corrected chi connectivity index (χ2v) is 7.83. The van der Waals surface area contributed by atoms with Crippen LogP contribution in [0.5, 0.6) is 11.5 Å². The average molecular weight is 432 g/mol. The molecule has 3 aromatic rings. The summed E-state index contributed by atoms with van der Waals surface area (Å²) in [5.74, 6) is 0.639. The van der Waals surface area contributed by atoms with Crippen molar-refractivity contribution in [3.05, 3.63) is 94.8 Å². The normalized spacial score (nSPS) is 14.9. The zero-order valence-electron chi connectivity index (χ0n) is 17.2. The van der Waals surface area contributed by atoms with Gasteiger partial charge in [-0.3, -0.25) is 9.59 Å². The van der Waals surface area contributed by atoms with Crippen LogP contribution in [0.25, 0.3) is 0 Å². The Morgan fingerprint density at radius 1 is 1.03 bits per heavy atom. The lowest BCUT2D eigenvalue weighted by Crippen LogP contribution is -2.34. The quantitative estimate of drug-likeness (QED) is 0.640. The maximum Gasteiger partial charge on any atom is 0.255 e. The lowest BCUT2D eigenvalue weighted by atomic mass is 10.0. The van der Waals surface area contributed by atoms with Gasteiger partial charge in [0.15, 0.2) is 11.5 Å². The number of fused-ring (bicyclic) bond motifs is 2. The highest BCUT2D eigenvalue weighted by Crippen LogP contribution is 2.34. The molecule has 0 bridgehead atoms. The number of benzene rings is 3. The molecule has 2 aliphatic heterocycles. The SMILES string of the molecule is O=C(C[C@@H](c1ccc(F)cc1)N1Cc2ccccc2C1=O)NCc1ccc2c(c1)OCO2. The summed E-state index contributed by atoms with van der Waals surface area (Å²) in [5.41, 5.74) is 3.15. The van der Waals surface area contributed by atoms with E-state index in [1.54, 1.807) is 23.1 Å². The van der Waals surface area contributed by atoms with Crippen LogP contribution >= 0.6 is 0 Å². The van der Waals surface area contributed by atoms with Crippen LogP contribution in [0.15, 0.2) is 66.7 Å². The summed E-state index contributed by atoms with van der Waals surface area (Å²) in [5, 5.41) is 2.91. The molecule has 0 fully saturated rings. The fourth-order valence-electron chi connectivity index (χ4n) is 4.12. The minimum atomic E-state index is -0.507. The van der Waals surface area contributed by atoms with E-state index in [1.807, 2.05) is 36.4 Å². The number of ether oxygens (including phenoxy) is 2. The van der Waals surface area contributed by atoms with E-state index < -0.39 is 6.04 Å². The topological polar surface area (TPSA) is 67.9 Å². The van der Waals surface area contributed by atoms with Gasteiger partial charge in [-0.2, -0.15) is 0 Å². The Morgan fingerprint density at radius 2 is 1.81 bits per heavy atom. The Kier molecular flexibility index (Phi) is 5.23. The van der Waals surface area contributed by atoms with Gasteiger partial charge in [-0.25, -0.2) is 4.39 Å². The summed E-state index contributed by atoms with van der Waals surface area (Å²) in [6.45, 7) is 0.920. The maximum absolute atomic E-state index is 13.5. The first-order chi connectivity index (χ1) is 15.6. The number of hydrogen-bond donors (Lipinski definition) is 1. The van der Waals surface area contributed by atoms with Crippen molar-refractivity contribution in [3.8, 4) is 11.5 Å². The molecular formula is C25H21FN2O4. The molecule has 0 saturated carbocycles. The first-order valence-electron chi connectivity index (χ1n) is 10.4. The molecule has 0 aliphatic carbocycles. The van der Waals surface area contributed by atoms with Crippen molar-refractivity contribution in [1.29, 1.82) is 0 Å². The largest absolute Gasteiger partial charge is 0.454 e. The maximum atomic E-state index is 13.5. The monoisotopic (exact) mass is 432 g/mol. The number of carbonyl (C=O) groups excluding carboxylic acids is 2. The predicted molar refractivity (Wildman–Crippen MR) is 114 cm³/mol. The molecule has 32 heavy (non-hydrogen) atoms. The van der Waals surface area contributed by atoms with E-state index in [1.165, 1.54) is 12.1 Å². The molecule has 0 spiro atoms. The molecular weight excluding hydrogens is 411 g/mol. The number of nitrogens with one attached hydrogen (secondary N) is 1. The zero-order chi connectivity index (χ0) is 22.1. The Bertz CT molecular complexity index is 1180. The van der Waals surface area contributed by atoms with Crippen molar-refractivity contribution in [2.75, 3.05) is 6.79 Å². The predicted octanol–water partition coefficient (Wildman–Crippen LogP) is 3.96. The summed E-state index contributed by atoms with van der Waals surface area (Å²) in [4.78, 5) is 27.6. The molecule has 2 amide bonds. The Balaban J connectivity index is 1.32. The highest BCUT2D eigenvalue weighted by molar-refractivity contribution is 5.98. The van der Waals surface area contributed by atoms with Crippen molar-refractivity contribution < 1.29 is 23.5 Å². The third kappa shape index (κ3) is 3.89. The summed E-state index contributed by atoms with van der Waals surface area (Å²) in [6, 6.07) is 18.4. The molecule has 0 radical (unpaired) electrons. The van der Waals surface area contributed by atoms with Gasteiger partial charge in [0.25, 0.3) is 5.91 Å². The van der Waals surface area contributed by atoms with E-state index in [9.17, 15) is 14.0 Å². The van der Waals surface area contributed by atoms with E-state index in [2.05, 4.69) is 5.32 Å². The number of halogens is 1. The van der Waals surface area contributed by atoms with Crippen molar-refractivity contribution in [1.82, 2.24) is 10.2 Å². The number of carbonyl (C=O) groups is 2. The molecule has 0 unspecified atom stereocenters. The van der Waals surface area contributed by atoms with Gasteiger partial charge in [-0.05, 0) is 47.0 Å². The second kappa shape index (κ2) is 8.34. The lowest BCUT2D eigenvalue weighted by molar-refractivity contribution is -0.122. The van der Waals surface area contributed by atoms with Gasteiger partial charge in [0.2, 0.25) is 12.7 Å². The molecule has 0 saturated heterocycles. The van der Waals surface area contributed by atoms with Crippen molar-refractivity contribution in [3.63, 3.8) is 0 Å². The van der Waals surface area contributed by atoms with Gasteiger partial charge in [-0.1, -0.05) is 36.4 Å². The summed E-state index contributed by atoms with van der Waals surface area (Å²) in [6.07, 6.45) is 0.0654. The summed E-state index contributed by atoms with van der Waals surface area (Å²) < 4.78 is 24.2. The van der Waals surface area contributed by atoms with Crippen molar-refractivity contribution in [2.24, 2.45) is 0 Å².